The van der Waals surface area contributed by atoms with Gasteiger partial charge in [0.05, 0.1) is 35.0 Å². The second kappa shape index (κ2) is 8.62. The third-order valence-electron chi connectivity index (χ3n) is 3.51. The second-order valence-electron chi connectivity index (χ2n) is 5.40. The summed E-state index contributed by atoms with van der Waals surface area (Å²) < 4.78 is 35.5. The summed E-state index contributed by atoms with van der Waals surface area (Å²) in [6, 6.07) is 12.1. The molecule has 0 amide bonds. The number of hydrogen-bond donors (Lipinski definition) is 0. The minimum absolute atomic E-state index is 0.00380. The van der Waals surface area contributed by atoms with Crippen LogP contribution in [0.15, 0.2) is 53.4 Å². The Balaban J connectivity index is 2.34. The smallest absolute Gasteiger partial charge is 0.339 e. The first-order valence-electron chi connectivity index (χ1n) is 8.14. The Hall–Kier alpha value is -2.67. The fourth-order valence-electron chi connectivity index (χ4n) is 2.42. The van der Waals surface area contributed by atoms with Crippen LogP contribution in [0.25, 0.3) is 0 Å². The summed E-state index contributed by atoms with van der Waals surface area (Å²) in [5, 5.41) is 0. The Kier molecular flexibility index (Phi) is 6.52. The van der Waals surface area contributed by atoms with Crippen LogP contribution in [0.5, 0.6) is 0 Å². The lowest BCUT2D eigenvalue weighted by atomic mass is 10.1. The van der Waals surface area contributed by atoms with E-state index in [0.29, 0.717) is 5.56 Å². The van der Waals surface area contributed by atoms with E-state index in [1.165, 1.54) is 18.2 Å². The van der Waals surface area contributed by atoms with Gasteiger partial charge in [-0.3, -0.25) is 0 Å². The van der Waals surface area contributed by atoms with E-state index in [-0.39, 0.29) is 35.0 Å². The molecule has 0 heterocycles. The van der Waals surface area contributed by atoms with E-state index in [0.717, 1.165) is 0 Å². The van der Waals surface area contributed by atoms with Gasteiger partial charge in [0, 0.05) is 0 Å². The van der Waals surface area contributed by atoms with E-state index in [9.17, 15) is 18.0 Å². The molecule has 0 spiro atoms. The van der Waals surface area contributed by atoms with Gasteiger partial charge in [-0.1, -0.05) is 24.3 Å². The fourth-order valence-corrected chi connectivity index (χ4v) is 3.96. The quantitative estimate of drug-likeness (QED) is 0.691. The van der Waals surface area contributed by atoms with Crippen LogP contribution in [0.3, 0.4) is 0 Å². The average molecular weight is 376 g/mol. The predicted octanol–water partition coefficient (Wildman–Crippen LogP) is 3.01. The molecule has 6 nitrogen and oxygen atoms in total. The minimum Gasteiger partial charge on any atom is -0.462 e. The third kappa shape index (κ3) is 4.70. The zero-order valence-electron chi connectivity index (χ0n) is 14.6. The van der Waals surface area contributed by atoms with Crippen LogP contribution in [0.1, 0.15) is 40.1 Å². The van der Waals surface area contributed by atoms with Gasteiger partial charge < -0.3 is 9.47 Å². The highest BCUT2D eigenvalue weighted by molar-refractivity contribution is 7.90. The van der Waals surface area contributed by atoms with Crippen molar-refractivity contribution in [2.45, 2.75) is 24.5 Å². The molecule has 0 radical (unpaired) electrons. The maximum Gasteiger partial charge on any atom is 0.339 e. The molecule has 0 aliphatic heterocycles. The summed E-state index contributed by atoms with van der Waals surface area (Å²) in [6.45, 7) is 3.72. The van der Waals surface area contributed by atoms with Crippen molar-refractivity contribution in [1.82, 2.24) is 0 Å². The molecule has 0 aliphatic carbocycles. The van der Waals surface area contributed by atoms with Crippen molar-refractivity contribution >= 4 is 21.8 Å². The Bertz CT molecular complexity index is 902. The van der Waals surface area contributed by atoms with Crippen LogP contribution in [-0.2, 0) is 25.1 Å². The Morgan fingerprint density at radius 1 is 0.885 bits per heavy atom. The molecule has 2 rings (SSSR count). The molecule has 7 heteroatoms. The fraction of sp³-hybridized carbons (Fsp3) is 0.263. The predicted molar refractivity (Wildman–Crippen MR) is 95.7 cm³/mol. The Labute approximate surface area is 152 Å². The molecule has 2 aromatic rings. The number of benzene rings is 2. The van der Waals surface area contributed by atoms with Crippen molar-refractivity contribution < 1.29 is 27.5 Å². The standard InChI is InChI=1S/C19H20O6S/c1-3-24-18(20)15-9-7-8-14(12-15)13-26(22,23)17-11-6-5-10-16(17)19(21)25-4-2/h5-12H,3-4,13H2,1-2H3. The number of carbonyl (C=O) groups is 2. The first kappa shape index (κ1) is 19.7. The van der Waals surface area contributed by atoms with Crippen LogP contribution in [0, 0.1) is 0 Å². The molecule has 0 aromatic heterocycles. The lowest BCUT2D eigenvalue weighted by Crippen LogP contribution is -2.14. The van der Waals surface area contributed by atoms with Crippen LogP contribution in [0.4, 0.5) is 0 Å². The van der Waals surface area contributed by atoms with Crippen molar-refractivity contribution in [3.05, 3.63) is 65.2 Å². The molecule has 2 aromatic carbocycles. The zero-order valence-corrected chi connectivity index (χ0v) is 15.4. The first-order valence-corrected chi connectivity index (χ1v) is 9.79. The summed E-state index contributed by atoms with van der Waals surface area (Å²) in [5.74, 6) is -1.55. The SMILES string of the molecule is CCOC(=O)c1cccc(CS(=O)(=O)c2ccccc2C(=O)OCC)c1. The topological polar surface area (TPSA) is 86.7 Å². The Morgan fingerprint density at radius 2 is 1.54 bits per heavy atom. The monoisotopic (exact) mass is 376 g/mol. The second-order valence-corrected chi connectivity index (χ2v) is 7.35. The first-order chi connectivity index (χ1) is 12.4. The third-order valence-corrected chi connectivity index (χ3v) is 5.25. The molecule has 0 saturated heterocycles. The van der Waals surface area contributed by atoms with Crippen molar-refractivity contribution in [3.63, 3.8) is 0 Å². The van der Waals surface area contributed by atoms with Gasteiger partial charge in [0.1, 0.15) is 0 Å². The van der Waals surface area contributed by atoms with Gasteiger partial charge in [0.25, 0.3) is 0 Å². The molecule has 138 valence electrons. The number of esters is 2. The van der Waals surface area contributed by atoms with Crippen molar-refractivity contribution in [2.75, 3.05) is 13.2 Å². The van der Waals surface area contributed by atoms with E-state index < -0.39 is 21.8 Å². The summed E-state index contributed by atoms with van der Waals surface area (Å²) in [5.41, 5.74) is 0.698. The normalized spacial score (nSPS) is 11.0. The molecule has 0 aliphatic rings. The number of hydrogen-bond acceptors (Lipinski definition) is 6. The Morgan fingerprint density at radius 3 is 2.23 bits per heavy atom. The van der Waals surface area contributed by atoms with Gasteiger partial charge in [-0.15, -0.1) is 0 Å². The lowest BCUT2D eigenvalue weighted by molar-refractivity contribution is 0.0514. The van der Waals surface area contributed by atoms with Gasteiger partial charge in [-0.05, 0) is 43.7 Å². The van der Waals surface area contributed by atoms with E-state index in [4.69, 9.17) is 9.47 Å². The maximum atomic E-state index is 12.8. The highest BCUT2D eigenvalue weighted by Gasteiger charge is 2.23. The van der Waals surface area contributed by atoms with Gasteiger partial charge in [0.2, 0.25) is 0 Å². The van der Waals surface area contributed by atoms with Crippen LogP contribution in [0.2, 0.25) is 0 Å². The van der Waals surface area contributed by atoms with Gasteiger partial charge in [-0.2, -0.15) is 0 Å². The average Bonchev–Trinajstić information content (AvgIpc) is 2.62. The molecular weight excluding hydrogens is 356 g/mol. The molecule has 26 heavy (non-hydrogen) atoms. The van der Waals surface area contributed by atoms with Crippen molar-refractivity contribution in [2.24, 2.45) is 0 Å². The largest absolute Gasteiger partial charge is 0.462 e. The minimum atomic E-state index is -3.82. The van der Waals surface area contributed by atoms with E-state index in [1.54, 1.807) is 44.2 Å². The molecule has 0 fully saturated rings. The highest BCUT2D eigenvalue weighted by Crippen LogP contribution is 2.22. The number of carbonyl (C=O) groups excluding carboxylic acids is 2. The molecule has 0 bridgehead atoms. The van der Waals surface area contributed by atoms with Gasteiger partial charge in [-0.25, -0.2) is 18.0 Å². The highest BCUT2D eigenvalue weighted by atomic mass is 32.2. The summed E-state index contributed by atoms with van der Waals surface area (Å²) in [6.07, 6.45) is 0. The lowest BCUT2D eigenvalue weighted by Gasteiger charge is -2.10. The van der Waals surface area contributed by atoms with Gasteiger partial charge in [0.15, 0.2) is 9.84 Å². The van der Waals surface area contributed by atoms with Crippen molar-refractivity contribution in [3.8, 4) is 0 Å². The van der Waals surface area contributed by atoms with E-state index in [1.807, 2.05) is 0 Å². The number of rotatable bonds is 7. The molecular formula is C19H20O6S. The number of sulfone groups is 1. The molecule has 0 atom stereocenters. The van der Waals surface area contributed by atoms with Crippen LogP contribution < -0.4 is 0 Å². The maximum absolute atomic E-state index is 12.8. The summed E-state index contributed by atoms with van der Waals surface area (Å²) >= 11 is 0. The van der Waals surface area contributed by atoms with Crippen LogP contribution in [-0.4, -0.2) is 33.6 Å². The van der Waals surface area contributed by atoms with Crippen molar-refractivity contribution in [1.29, 1.82) is 0 Å². The molecule has 0 saturated carbocycles. The van der Waals surface area contributed by atoms with Gasteiger partial charge >= 0.3 is 11.9 Å². The zero-order chi connectivity index (χ0) is 19.2. The van der Waals surface area contributed by atoms with Crippen LogP contribution >= 0.6 is 0 Å². The molecule has 0 N–H and O–H groups in total. The summed E-state index contributed by atoms with van der Waals surface area (Å²) in [4.78, 5) is 23.7. The van der Waals surface area contributed by atoms with E-state index >= 15 is 0 Å². The number of ether oxygens (including phenoxy) is 2. The summed E-state index contributed by atoms with van der Waals surface area (Å²) in [7, 11) is -3.82. The molecule has 0 unspecified atom stereocenters. The van der Waals surface area contributed by atoms with E-state index in [2.05, 4.69) is 0 Å².